The van der Waals surface area contributed by atoms with E-state index < -0.39 is 5.97 Å². The second kappa shape index (κ2) is 8.41. The first kappa shape index (κ1) is 19.4. The van der Waals surface area contributed by atoms with Gasteiger partial charge in [-0.15, -0.1) is 0 Å². The molecule has 1 amide bonds. The molecule has 26 heavy (non-hydrogen) atoms. The van der Waals surface area contributed by atoms with Crippen molar-refractivity contribution in [3.05, 3.63) is 39.1 Å². The second-order valence-corrected chi connectivity index (χ2v) is 5.85. The third-order valence-electron chi connectivity index (χ3n) is 3.84. The highest BCUT2D eigenvalue weighted by Gasteiger charge is 2.16. The summed E-state index contributed by atoms with van der Waals surface area (Å²) in [6.45, 7) is 7.27. The van der Waals surface area contributed by atoms with Gasteiger partial charge in [-0.3, -0.25) is 19.4 Å². The monoisotopic (exact) mass is 361 g/mol. The lowest BCUT2D eigenvalue weighted by atomic mass is 10.1. The van der Waals surface area contributed by atoms with Crippen LogP contribution in [0.2, 0.25) is 0 Å². The minimum Gasteiger partial charge on any atom is -0.465 e. The number of rotatable bonds is 7. The van der Waals surface area contributed by atoms with Crippen LogP contribution in [0.1, 0.15) is 36.0 Å². The molecule has 2 aromatic heterocycles. The van der Waals surface area contributed by atoms with Crippen LogP contribution in [0.25, 0.3) is 5.95 Å². The smallest absolute Gasteiger partial charge is 0.325 e. The summed E-state index contributed by atoms with van der Waals surface area (Å²) in [5, 5.41) is 6.95. The van der Waals surface area contributed by atoms with E-state index in [1.54, 1.807) is 18.5 Å². The van der Waals surface area contributed by atoms with E-state index in [4.69, 9.17) is 4.74 Å². The predicted molar refractivity (Wildman–Crippen MR) is 94.2 cm³/mol. The number of ether oxygens (including phenoxy) is 1. The summed E-state index contributed by atoms with van der Waals surface area (Å²) in [4.78, 5) is 41.8. The molecule has 9 heteroatoms. The summed E-state index contributed by atoms with van der Waals surface area (Å²) in [5.41, 5.74) is 2.80. The summed E-state index contributed by atoms with van der Waals surface area (Å²) in [6.07, 6.45) is 0.674. The molecular formula is C17H23N5O4. The molecule has 0 fully saturated rings. The van der Waals surface area contributed by atoms with Crippen molar-refractivity contribution in [2.24, 2.45) is 0 Å². The molecule has 0 aliphatic rings. The summed E-state index contributed by atoms with van der Waals surface area (Å²) < 4.78 is 6.33. The molecule has 140 valence electrons. The Morgan fingerprint density at radius 2 is 2.04 bits per heavy atom. The van der Waals surface area contributed by atoms with E-state index in [-0.39, 0.29) is 31.0 Å². The van der Waals surface area contributed by atoms with Crippen LogP contribution in [0.15, 0.2) is 10.9 Å². The highest BCUT2D eigenvalue weighted by molar-refractivity contribution is 5.82. The van der Waals surface area contributed by atoms with Gasteiger partial charge in [0.1, 0.15) is 6.54 Å². The lowest BCUT2D eigenvalue weighted by Gasteiger charge is -2.06. The SMILES string of the molecule is CCOC(=O)CNC(=O)CCc1c(C)nn(-c2nc(C)cc(=O)[nH]2)c1C. The second-order valence-electron chi connectivity index (χ2n) is 5.85. The fourth-order valence-corrected chi connectivity index (χ4v) is 2.62. The van der Waals surface area contributed by atoms with Gasteiger partial charge in [0, 0.05) is 23.9 Å². The number of amides is 1. The average Bonchev–Trinajstić information content (AvgIpc) is 2.85. The van der Waals surface area contributed by atoms with Gasteiger partial charge in [-0.2, -0.15) is 5.10 Å². The molecule has 0 unspecified atom stereocenters. The van der Waals surface area contributed by atoms with Crippen LogP contribution in [-0.4, -0.2) is 44.8 Å². The summed E-state index contributed by atoms with van der Waals surface area (Å²) in [6, 6.07) is 1.41. The Morgan fingerprint density at radius 1 is 1.31 bits per heavy atom. The van der Waals surface area contributed by atoms with Gasteiger partial charge in [0.15, 0.2) is 0 Å². The quantitative estimate of drug-likeness (QED) is 0.693. The maximum Gasteiger partial charge on any atom is 0.325 e. The van der Waals surface area contributed by atoms with Gasteiger partial charge in [-0.05, 0) is 39.7 Å². The fraction of sp³-hybridized carbons (Fsp3) is 0.471. The van der Waals surface area contributed by atoms with Crippen LogP contribution >= 0.6 is 0 Å². The Balaban J connectivity index is 2.07. The molecule has 9 nitrogen and oxygen atoms in total. The average molecular weight is 361 g/mol. The standard InChI is InChI=1S/C17H23N5O4/c1-5-26-16(25)9-18-14(23)7-6-13-11(3)21-22(12(13)4)17-19-10(2)8-15(24)20-17/h8H,5-7,9H2,1-4H3,(H,18,23)(H,19,20,24). The van der Waals surface area contributed by atoms with Crippen molar-refractivity contribution < 1.29 is 14.3 Å². The fourth-order valence-electron chi connectivity index (χ4n) is 2.62. The largest absolute Gasteiger partial charge is 0.465 e. The van der Waals surface area contributed by atoms with E-state index in [0.29, 0.717) is 18.1 Å². The van der Waals surface area contributed by atoms with E-state index in [9.17, 15) is 14.4 Å². The minimum atomic E-state index is -0.462. The van der Waals surface area contributed by atoms with E-state index in [0.717, 1.165) is 17.0 Å². The van der Waals surface area contributed by atoms with E-state index in [2.05, 4.69) is 20.4 Å². The van der Waals surface area contributed by atoms with Crippen LogP contribution in [-0.2, 0) is 20.7 Å². The number of aryl methyl sites for hydroxylation is 2. The van der Waals surface area contributed by atoms with Gasteiger partial charge < -0.3 is 10.1 Å². The van der Waals surface area contributed by atoms with Crippen LogP contribution in [0, 0.1) is 20.8 Å². The number of H-pyrrole nitrogens is 1. The van der Waals surface area contributed by atoms with Gasteiger partial charge in [-0.25, -0.2) is 9.67 Å². The van der Waals surface area contributed by atoms with Gasteiger partial charge in [0.25, 0.3) is 5.56 Å². The topological polar surface area (TPSA) is 119 Å². The van der Waals surface area contributed by atoms with Gasteiger partial charge >= 0.3 is 5.97 Å². The van der Waals surface area contributed by atoms with Crippen LogP contribution < -0.4 is 10.9 Å². The lowest BCUT2D eigenvalue weighted by Crippen LogP contribution is -2.30. The molecule has 0 aliphatic heterocycles. The minimum absolute atomic E-state index is 0.141. The number of esters is 1. The Hall–Kier alpha value is -2.97. The molecule has 0 bridgehead atoms. The highest BCUT2D eigenvalue weighted by atomic mass is 16.5. The molecule has 0 aliphatic carbocycles. The van der Waals surface area contributed by atoms with Gasteiger partial charge in [-0.1, -0.05) is 0 Å². The molecule has 2 aromatic rings. The van der Waals surface area contributed by atoms with Crippen molar-refractivity contribution in [2.75, 3.05) is 13.2 Å². The number of nitrogens with one attached hydrogen (secondary N) is 2. The van der Waals surface area contributed by atoms with Crippen molar-refractivity contribution in [3.8, 4) is 5.95 Å². The van der Waals surface area contributed by atoms with E-state index >= 15 is 0 Å². The Kier molecular flexibility index (Phi) is 6.26. The Bertz CT molecular complexity index is 869. The summed E-state index contributed by atoms with van der Waals surface area (Å²) in [5.74, 6) is -0.365. The van der Waals surface area contributed by atoms with Crippen LogP contribution in [0.4, 0.5) is 0 Å². The molecule has 0 radical (unpaired) electrons. The van der Waals surface area contributed by atoms with Gasteiger partial charge in [0.05, 0.1) is 12.3 Å². The third kappa shape index (κ3) is 4.78. The summed E-state index contributed by atoms with van der Waals surface area (Å²) in [7, 11) is 0. The normalized spacial score (nSPS) is 10.6. The molecule has 2 heterocycles. The molecule has 0 atom stereocenters. The highest BCUT2D eigenvalue weighted by Crippen LogP contribution is 2.17. The molecule has 0 saturated heterocycles. The zero-order valence-electron chi connectivity index (χ0n) is 15.4. The predicted octanol–water partition coefficient (Wildman–Crippen LogP) is 0.493. The van der Waals surface area contributed by atoms with Crippen molar-refractivity contribution in [3.63, 3.8) is 0 Å². The van der Waals surface area contributed by atoms with E-state index in [1.165, 1.54) is 6.07 Å². The Labute approximate surface area is 150 Å². The van der Waals surface area contributed by atoms with Crippen molar-refractivity contribution in [2.45, 2.75) is 40.5 Å². The number of nitrogens with zero attached hydrogens (tertiary/aromatic N) is 3. The first-order chi connectivity index (χ1) is 12.3. The lowest BCUT2D eigenvalue weighted by molar-refractivity contribution is -0.143. The zero-order valence-corrected chi connectivity index (χ0v) is 15.4. The van der Waals surface area contributed by atoms with Crippen molar-refractivity contribution in [1.82, 2.24) is 25.1 Å². The number of aromatic nitrogens is 4. The van der Waals surface area contributed by atoms with Crippen molar-refractivity contribution in [1.29, 1.82) is 0 Å². The molecule has 0 aromatic carbocycles. The molecule has 2 rings (SSSR count). The molecule has 0 spiro atoms. The van der Waals surface area contributed by atoms with E-state index in [1.807, 2.05) is 13.8 Å². The van der Waals surface area contributed by atoms with Crippen molar-refractivity contribution >= 4 is 11.9 Å². The third-order valence-corrected chi connectivity index (χ3v) is 3.84. The van der Waals surface area contributed by atoms with Crippen LogP contribution in [0.5, 0.6) is 0 Å². The molecule has 0 saturated carbocycles. The first-order valence-corrected chi connectivity index (χ1v) is 8.37. The zero-order chi connectivity index (χ0) is 19.3. The number of hydrogen-bond acceptors (Lipinski definition) is 6. The maximum absolute atomic E-state index is 11.9. The molecular weight excluding hydrogens is 338 g/mol. The van der Waals surface area contributed by atoms with Gasteiger partial charge in [0.2, 0.25) is 11.9 Å². The Morgan fingerprint density at radius 3 is 2.69 bits per heavy atom. The van der Waals surface area contributed by atoms with Crippen LogP contribution in [0.3, 0.4) is 0 Å². The number of carbonyl (C=O) groups excluding carboxylic acids is 2. The molecule has 2 N–H and O–H groups in total. The first-order valence-electron chi connectivity index (χ1n) is 8.37. The number of hydrogen-bond donors (Lipinski definition) is 2. The number of aromatic amines is 1. The summed E-state index contributed by atoms with van der Waals surface area (Å²) >= 11 is 0. The number of carbonyl (C=O) groups is 2. The maximum atomic E-state index is 11.9.